The van der Waals surface area contributed by atoms with E-state index in [1.54, 1.807) is 0 Å². The summed E-state index contributed by atoms with van der Waals surface area (Å²) in [7, 11) is 0. The third-order valence-electron chi connectivity index (χ3n) is 3.65. The predicted molar refractivity (Wildman–Crippen MR) is 65.3 cm³/mol. The van der Waals surface area contributed by atoms with E-state index in [2.05, 4.69) is 33.0 Å². The molecule has 1 rings (SSSR count). The zero-order valence-corrected chi connectivity index (χ0v) is 10.9. The Morgan fingerprint density at radius 3 is 2.06 bits per heavy atom. The van der Waals surface area contributed by atoms with Gasteiger partial charge >= 0.3 is 5.97 Å². The van der Waals surface area contributed by atoms with Crippen LogP contribution in [0.2, 0.25) is 0 Å². The molecule has 0 radical (unpaired) electrons. The van der Waals surface area contributed by atoms with Gasteiger partial charge in [-0.25, -0.2) is 0 Å². The fourth-order valence-corrected chi connectivity index (χ4v) is 2.39. The van der Waals surface area contributed by atoms with E-state index < -0.39 is 5.97 Å². The van der Waals surface area contributed by atoms with Crippen LogP contribution in [0.4, 0.5) is 0 Å². The molecule has 1 unspecified atom stereocenters. The van der Waals surface area contributed by atoms with Gasteiger partial charge in [0.05, 0.1) is 0 Å². The van der Waals surface area contributed by atoms with Crippen LogP contribution >= 0.6 is 0 Å². The lowest BCUT2D eigenvalue weighted by Crippen LogP contribution is -2.42. The largest absolute Gasteiger partial charge is 0.480 e. The molecule has 94 valence electrons. The van der Waals surface area contributed by atoms with Gasteiger partial charge in [0.1, 0.15) is 6.04 Å². The zero-order valence-electron chi connectivity index (χ0n) is 10.9. The lowest BCUT2D eigenvalue weighted by atomic mass is 9.85. The zero-order chi connectivity index (χ0) is 12.3. The second-order valence-corrected chi connectivity index (χ2v) is 5.71. The van der Waals surface area contributed by atoms with Crippen molar-refractivity contribution in [3.05, 3.63) is 0 Å². The first-order valence-corrected chi connectivity index (χ1v) is 6.39. The van der Waals surface area contributed by atoms with Gasteiger partial charge in [0.15, 0.2) is 0 Å². The molecule has 0 bridgehead atoms. The summed E-state index contributed by atoms with van der Waals surface area (Å²) in [5, 5.41) is 12.4. The van der Waals surface area contributed by atoms with Crippen LogP contribution in [-0.2, 0) is 4.79 Å². The van der Waals surface area contributed by atoms with E-state index >= 15 is 0 Å². The molecule has 0 aliphatic heterocycles. The van der Waals surface area contributed by atoms with Gasteiger partial charge in [0.2, 0.25) is 0 Å². The van der Waals surface area contributed by atoms with Crippen LogP contribution < -0.4 is 5.32 Å². The number of carbonyl (C=O) groups is 1. The molecule has 0 amide bonds. The quantitative estimate of drug-likeness (QED) is 0.702. The van der Waals surface area contributed by atoms with E-state index in [1.807, 2.05) is 0 Å². The highest BCUT2D eigenvalue weighted by atomic mass is 16.4. The number of aliphatic carboxylic acids is 1. The first-order valence-electron chi connectivity index (χ1n) is 6.39. The number of rotatable bonds is 7. The second-order valence-electron chi connectivity index (χ2n) is 5.71. The van der Waals surface area contributed by atoms with E-state index in [0.29, 0.717) is 23.7 Å². The van der Waals surface area contributed by atoms with Crippen molar-refractivity contribution in [2.75, 3.05) is 6.54 Å². The SMILES string of the molecule is CC(C)C(CNC(C(=O)O)C1CC1)C(C)C. The first kappa shape index (κ1) is 13.5. The van der Waals surface area contributed by atoms with E-state index in [9.17, 15) is 4.79 Å². The Kier molecular flexibility index (Phi) is 4.78. The van der Waals surface area contributed by atoms with Crippen molar-refractivity contribution in [1.29, 1.82) is 0 Å². The fraction of sp³-hybridized carbons (Fsp3) is 0.923. The van der Waals surface area contributed by atoms with Gasteiger partial charge in [-0.2, -0.15) is 0 Å². The average Bonchev–Trinajstić information content (AvgIpc) is 2.93. The molecule has 3 nitrogen and oxygen atoms in total. The molecule has 0 aromatic carbocycles. The molecule has 1 aliphatic carbocycles. The van der Waals surface area contributed by atoms with Crippen molar-refractivity contribution < 1.29 is 9.90 Å². The van der Waals surface area contributed by atoms with E-state index in [0.717, 1.165) is 19.4 Å². The van der Waals surface area contributed by atoms with Crippen molar-refractivity contribution >= 4 is 5.97 Å². The molecule has 0 saturated heterocycles. The van der Waals surface area contributed by atoms with Crippen LogP contribution in [0.5, 0.6) is 0 Å². The summed E-state index contributed by atoms with van der Waals surface area (Å²) in [6.45, 7) is 9.65. The van der Waals surface area contributed by atoms with E-state index in [1.165, 1.54) is 0 Å². The topological polar surface area (TPSA) is 49.3 Å². The third-order valence-corrected chi connectivity index (χ3v) is 3.65. The maximum Gasteiger partial charge on any atom is 0.320 e. The molecule has 0 spiro atoms. The highest BCUT2D eigenvalue weighted by Gasteiger charge is 2.36. The van der Waals surface area contributed by atoms with Gasteiger partial charge in [-0.1, -0.05) is 27.7 Å². The molecular weight excluding hydrogens is 202 g/mol. The van der Waals surface area contributed by atoms with Gasteiger partial charge in [0.25, 0.3) is 0 Å². The van der Waals surface area contributed by atoms with Crippen LogP contribution in [-0.4, -0.2) is 23.7 Å². The van der Waals surface area contributed by atoms with Crippen LogP contribution in [0.15, 0.2) is 0 Å². The van der Waals surface area contributed by atoms with Gasteiger partial charge in [-0.15, -0.1) is 0 Å². The molecule has 0 aromatic rings. The Morgan fingerprint density at radius 1 is 1.25 bits per heavy atom. The van der Waals surface area contributed by atoms with E-state index in [-0.39, 0.29) is 6.04 Å². The first-order chi connectivity index (χ1) is 7.43. The summed E-state index contributed by atoms with van der Waals surface area (Å²) >= 11 is 0. The summed E-state index contributed by atoms with van der Waals surface area (Å²) in [5.74, 6) is 1.44. The molecule has 0 heterocycles. The second kappa shape index (κ2) is 5.67. The molecule has 0 aromatic heterocycles. The number of carboxylic acid groups (broad SMARTS) is 1. The minimum absolute atomic E-state index is 0.319. The van der Waals surface area contributed by atoms with Crippen molar-refractivity contribution in [3.63, 3.8) is 0 Å². The van der Waals surface area contributed by atoms with Crippen molar-refractivity contribution in [2.24, 2.45) is 23.7 Å². The molecule has 3 heteroatoms. The van der Waals surface area contributed by atoms with Crippen molar-refractivity contribution in [3.8, 4) is 0 Å². The Labute approximate surface area is 98.6 Å². The van der Waals surface area contributed by atoms with Crippen LogP contribution in [0.25, 0.3) is 0 Å². The standard InChI is InChI=1S/C13H25NO2/c1-8(2)11(9(3)4)7-14-12(13(15)16)10-5-6-10/h8-12,14H,5-7H2,1-4H3,(H,15,16). The van der Waals surface area contributed by atoms with Crippen molar-refractivity contribution in [2.45, 2.75) is 46.6 Å². The highest BCUT2D eigenvalue weighted by Crippen LogP contribution is 2.33. The van der Waals surface area contributed by atoms with Gasteiger partial charge in [-0.05, 0) is 43.1 Å². The smallest absolute Gasteiger partial charge is 0.320 e. The van der Waals surface area contributed by atoms with Crippen LogP contribution in [0.3, 0.4) is 0 Å². The van der Waals surface area contributed by atoms with E-state index in [4.69, 9.17) is 5.11 Å². The Bertz CT molecular complexity index is 226. The number of nitrogens with one attached hydrogen (secondary N) is 1. The molecule has 1 saturated carbocycles. The van der Waals surface area contributed by atoms with Gasteiger partial charge < -0.3 is 10.4 Å². The lowest BCUT2D eigenvalue weighted by Gasteiger charge is -2.27. The molecule has 1 aliphatic rings. The Hall–Kier alpha value is -0.570. The lowest BCUT2D eigenvalue weighted by molar-refractivity contribution is -0.140. The predicted octanol–water partition coefficient (Wildman–Crippen LogP) is 2.37. The number of hydrogen-bond donors (Lipinski definition) is 2. The molecule has 1 fully saturated rings. The van der Waals surface area contributed by atoms with Gasteiger partial charge in [-0.3, -0.25) is 4.79 Å². The summed E-state index contributed by atoms with van der Waals surface area (Å²) in [5.41, 5.74) is 0. The minimum atomic E-state index is -0.686. The number of carboxylic acids is 1. The van der Waals surface area contributed by atoms with Gasteiger partial charge in [0, 0.05) is 0 Å². The number of hydrogen-bond acceptors (Lipinski definition) is 2. The fourth-order valence-electron chi connectivity index (χ4n) is 2.39. The minimum Gasteiger partial charge on any atom is -0.480 e. The average molecular weight is 227 g/mol. The molecule has 16 heavy (non-hydrogen) atoms. The maximum absolute atomic E-state index is 11.1. The summed E-state index contributed by atoms with van der Waals surface area (Å²) in [4.78, 5) is 11.1. The summed E-state index contributed by atoms with van der Waals surface area (Å²) < 4.78 is 0. The summed E-state index contributed by atoms with van der Waals surface area (Å²) in [6, 6.07) is -0.319. The van der Waals surface area contributed by atoms with Crippen molar-refractivity contribution in [1.82, 2.24) is 5.32 Å². The van der Waals surface area contributed by atoms with Crippen LogP contribution in [0.1, 0.15) is 40.5 Å². The normalized spacial score (nSPS) is 18.4. The molecular formula is C13H25NO2. The Balaban J connectivity index is 2.43. The molecule has 2 N–H and O–H groups in total. The molecule has 1 atom stereocenters. The monoisotopic (exact) mass is 227 g/mol. The third kappa shape index (κ3) is 3.78. The summed E-state index contributed by atoms with van der Waals surface area (Å²) in [6.07, 6.45) is 2.13. The van der Waals surface area contributed by atoms with Crippen LogP contribution in [0, 0.1) is 23.7 Å². The highest BCUT2D eigenvalue weighted by molar-refractivity contribution is 5.74. The maximum atomic E-state index is 11.1. The Morgan fingerprint density at radius 2 is 1.75 bits per heavy atom.